The smallest absolute Gasteiger partial charge is 0.256 e. The van der Waals surface area contributed by atoms with E-state index in [2.05, 4.69) is 5.32 Å². The first kappa shape index (κ1) is 21.2. The second-order valence-corrected chi connectivity index (χ2v) is 8.28. The van der Waals surface area contributed by atoms with E-state index in [0.29, 0.717) is 32.9 Å². The second kappa shape index (κ2) is 8.61. The molecule has 0 fully saturated rings. The number of imidazole rings is 1. The van der Waals surface area contributed by atoms with Crippen LogP contribution in [0.3, 0.4) is 0 Å². The van der Waals surface area contributed by atoms with E-state index in [1.807, 2.05) is 49.6 Å². The number of fused-ring (bicyclic) bond motifs is 1. The van der Waals surface area contributed by atoms with Crippen molar-refractivity contribution in [2.24, 2.45) is 0 Å². The van der Waals surface area contributed by atoms with E-state index in [4.69, 9.17) is 32.9 Å². The number of rotatable bonds is 5. The molecule has 1 amide bonds. The van der Waals surface area contributed by atoms with Gasteiger partial charge >= 0.3 is 0 Å². The van der Waals surface area contributed by atoms with Crippen LogP contribution in [0.5, 0.6) is 5.75 Å². The highest BCUT2D eigenvalue weighted by Gasteiger charge is 2.19. The van der Waals surface area contributed by atoms with Crippen molar-refractivity contribution < 1.29 is 9.53 Å². The van der Waals surface area contributed by atoms with Crippen LogP contribution in [-0.4, -0.2) is 21.4 Å². The molecule has 0 spiro atoms. The third-order valence-corrected chi connectivity index (χ3v) is 5.50. The predicted molar refractivity (Wildman–Crippen MR) is 126 cm³/mol. The molecule has 5 nitrogen and oxygen atoms in total. The SMILES string of the molecule is Cc1cccn2c(NC(=O)c3ccc(OC(C)C)cc3)c(-c3ccc(Cl)c(Cl)c3)nc12. The number of hydrogen-bond acceptors (Lipinski definition) is 3. The van der Waals surface area contributed by atoms with Gasteiger partial charge in [0.25, 0.3) is 5.91 Å². The van der Waals surface area contributed by atoms with E-state index in [1.54, 1.807) is 36.4 Å². The first-order valence-corrected chi connectivity index (χ1v) is 10.6. The van der Waals surface area contributed by atoms with Crippen molar-refractivity contribution in [2.75, 3.05) is 5.32 Å². The van der Waals surface area contributed by atoms with Crippen LogP contribution in [0.2, 0.25) is 10.0 Å². The van der Waals surface area contributed by atoms with Gasteiger partial charge in [-0.1, -0.05) is 35.3 Å². The van der Waals surface area contributed by atoms with Crippen LogP contribution >= 0.6 is 23.2 Å². The monoisotopic (exact) mass is 453 g/mol. The summed E-state index contributed by atoms with van der Waals surface area (Å²) in [4.78, 5) is 17.8. The van der Waals surface area contributed by atoms with Gasteiger partial charge in [0.05, 0.1) is 16.1 Å². The average Bonchev–Trinajstić information content (AvgIpc) is 3.10. The number of amides is 1. The topological polar surface area (TPSA) is 55.6 Å². The molecule has 4 rings (SSSR count). The second-order valence-electron chi connectivity index (χ2n) is 7.47. The number of nitrogens with zero attached hydrogens (tertiary/aromatic N) is 2. The van der Waals surface area contributed by atoms with Crippen molar-refractivity contribution in [1.29, 1.82) is 0 Å². The van der Waals surface area contributed by atoms with Gasteiger partial charge < -0.3 is 10.1 Å². The van der Waals surface area contributed by atoms with Crippen LogP contribution in [0.25, 0.3) is 16.9 Å². The number of ether oxygens (including phenoxy) is 1. The highest BCUT2D eigenvalue weighted by atomic mass is 35.5. The predicted octanol–water partition coefficient (Wildman–Crippen LogP) is 6.66. The molecule has 2 heterocycles. The lowest BCUT2D eigenvalue weighted by Crippen LogP contribution is -2.14. The van der Waals surface area contributed by atoms with Crippen molar-refractivity contribution >= 4 is 40.6 Å². The zero-order valence-corrected chi connectivity index (χ0v) is 18.8. The van der Waals surface area contributed by atoms with Gasteiger partial charge in [-0.3, -0.25) is 9.20 Å². The van der Waals surface area contributed by atoms with Gasteiger partial charge in [-0.15, -0.1) is 0 Å². The van der Waals surface area contributed by atoms with Crippen LogP contribution in [0.1, 0.15) is 29.8 Å². The first-order valence-electron chi connectivity index (χ1n) is 9.84. The van der Waals surface area contributed by atoms with Crippen molar-refractivity contribution in [2.45, 2.75) is 26.9 Å². The van der Waals surface area contributed by atoms with Crippen LogP contribution in [0.15, 0.2) is 60.8 Å². The highest BCUT2D eigenvalue weighted by Crippen LogP contribution is 2.34. The largest absolute Gasteiger partial charge is 0.491 e. The molecule has 31 heavy (non-hydrogen) atoms. The van der Waals surface area contributed by atoms with Gasteiger partial charge in [-0.2, -0.15) is 0 Å². The van der Waals surface area contributed by atoms with Crippen molar-refractivity contribution in [1.82, 2.24) is 9.38 Å². The Kier molecular flexibility index (Phi) is 5.90. The van der Waals surface area contributed by atoms with Gasteiger partial charge in [0.1, 0.15) is 22.9 Å². The van der Waals surface area contributed by atoms with E-state index >= 15 is 0 Å². The Morgan fingerprint density at radius 2 is 1.81 bits per heavy atom. The number of anilines is 1. The van der Waals surface area contributed by atoms with Gasteiger partial charge in [-0.25, -0.2) is 4.98 Å². The quantitative estimate of drug-likeness (QED) is 0.367. The maximum absolute atomic E-state index is 13.0. The molecule has 7 heteroatoms. The minimum absolute atomic E-state index is 0.0647. The molecule has 2 aromatic carbocycles. The molecule has 0 bridgehead atoms. The summed E-state index contributed by atoms with van der Waals surface area (Å²) < 4.78 is 7.52. The fourth-order valence-electron chi connectivity index (χ4n) is 3.30. The summed E-state index contributed by atoms with van der Waals surface area (Å²) in [5, 5.41) is 3.89. The normalized spacial score (nSPS) is 11.2. The van der Waals surface area contributed by atoms with Gasteiger partial charge in [-0.05, 0) is 68.8 Å². The fourth-order valence-corrected chi connectivity index (χ4v) is 3.60. The van der Waals surface area contributed by atoms with Gasteiger partial charge in [0, 0.05) is 17.3 Å². The van der Waals surface area contributed by atoms with Crippen molar-refractivity contribution in [3.05, 3.63) is 82.0 Å². The minimum atomic E-state index is -0.249. The molecule has 2 aromatic heterocycles. The van der Waals surface area contributed by atoms with Crippen molar-refractivity contribution in [3.63, 3.8) is 0 Å². The van der Waals surface area contributed by atoms with E-state index in [0.717, 1.165) is 16.8 Å². The number of benzene rings is 2. The molecule has 0 radical (unpaired) electrons. The molecule has 0 unspecified atom stereocenters. The molecule has 4 aromatic rings. The summed E-state index contributed by atoms with van der Waals surface area (Å²) in [6, 6.07) is 16.2. The van der Waals surface area contributed by atoms with E-state index in [9.17, 15) is 4.79 Å². The Morgan fingerprint density at radius 3 is 2.48 bits per heavy atom. The lowest BCUT2D eigenvalue weighted by Gasteiger charge is -2.11. The van der Waals surface area contributed by atoms with Crippen LogP contribution in [-0.2, 0) is 0 Å². The number of aromatic nitrogens is 2. The molecule has 0 saturated carbocycles. The Labute approximate surface area is 190 Å². The molecule has 0 saturated heterocycles. The third kappa shape index (κ3) is 4.38. The molecule has 0 aliphatic carbocycles. The standard InChI is InChI=1S/C24H21Cl2N3O2/c1-14(2)31-18-9-6-16(7-10-18)24(30)28-23-21(17-8-11-19(25)20(26)13-17)27-22-15(3)5-4-12-29(22)23/h4-14H,1-3H3,(H,28,30). The Balaban J connectivity index is 1.74. The number of carbonyl (C=O) groups is 1. The third-order valence-electron chi connectivity index (χ3n) is 4.76. The molecule has 1 N–H and O–H groups in total. The van der Waals surface area contributed by atoms with Crippen molar-refractivity contribution in [3.8, 4) is 17.0 Å². The summed E-state index contributed by atoms with van der Waals surface area (Å²) >= 11 is 12.3. The highest BCUT2D eigenvalue weighted by molar-refractivity contribution is 6.42. The average molecular weight is 454 g/mol. The number of nitrogens with one attached hydrogen (secondary N) is 1. The first-order chi connectivity index (χ1) is 14.8. The van der Waals surface area contributed by atoms with Crippen LogP contribution < -0.4 is 10.1 Å². The molecule has 0 aliphatic heterocycles. The van der Waals surface area contributed by atoms with Gasteiger partial charge in [0.15, 0.2) is 0 Å². The Bertz CT molecular complexity index is 1260. The van der Waals surface area contributed by atoms with E-state index in [-0.39, 0.29) is 12.0 Å². The van der Waals surface area contributed by atoms with E-state index < -0.39 is 0 Å². The lowest BCUT2D eigenvalue weighted by atomic mass is 10.1. The molecular formula is C24H21Cl2N3O2. The number of aryl methyl sites for hydroxylation is 1. The summed E-state index contributed by atoms with van der Waals surface area (Å²) in [5.74, 6) is 1.03. The maximum atomic E-state index is 13.0. The van der Waals surface area contributed by atoms with Gasteiger partial charge in [0.2, 0.25) is 0 Å². The Hall–Kier alpha value is -3.02. The van der Waals surface area contributed by atoms with E-state index in [1.165, 1.54) is 0 Å². The Morgan fingerprint density at radius 1 is 1.06 bits per heavy atom. The molecular weight excluding hydrogens is 433 g/mol. The minimum Gasteiger partial charge on any atom is -0.491 e. The lowest BCUT2D eigenvalue weighted by molar-refractivity contribution is 0.102. The fraction of sp³-hybridized carbons (Fsp3) is 0.167. The number of carbonyl (C=O) groups excluding carboxylic acids is 1. The summed E-state index contributed by atoms with van der Waals surface area (Å²) in [5.41, 5.74) is 3.62. The number of hydrogen-bond donors (Lipinski definition) is 1. The zero-order valence-electron chi connectivity index (χ0n) is 17.3. The zero-order chi connectivity index (χ0) is 22.1. The summed E-state index contributed by atoms with van der Waals surface area (Å²) in [6.07, 6.45) is 1.93. The van der Waals surface area contributed by atoms with Crippen LogP contribution in [0, 0.1) is 6.92 Å². The maximum Gasteiger partial charge on any atom is 0.256 e. The molecule has 0 aliphatic rings. The number of halogens is 2. The summed E-state index contributed by atoms with van der Waals surface area (Å²) in [7, 11) is 0. The molecule has 158 valence electrons. The molecule has 0 atom stereocenters. The number of pyridine rings is 1. The summed E-state index contributed by atoms with van der Waals surface area (Å²) in [6.45, 7) is 5.88. The van der Waals surface area contributed by atoms with Crippen LogP contribution in [0.4, 0.5) is 5.82 Å².